The van der Waals surface area contributed by atoms with Crippen LogP contribution in [0.3, 0.4) is 0 Å². The molecule has 0 aromatic heterocycles. The molecule has 1 aliphatic heterocycles. The van der Waals surface area contributed by atoms with Crippen molar-refractivity contribution < 1.29 is 4.74 Å². The van der Waals surface area contributed by atoms with E-state index in [4.69, 9.17) is 21.6 Å². The number of nitriles is 1. The van der Waals surface area contributed by atoms with Crippen molar-refractivity contribution in [3.8, 4) is 11.8 Å². The summed E-state index contributed by atoms with van der Waals surface area (Å²) >= 11 is 5.77. The fourth-order valence-electron chi connectivity index (χ4n) is 1.21. The summed E-state index contributed by atoms with van der Waals surface area (Å²) in [4.78, 5) is 0. The van der Waals surface area contributed by atoms with Crippen LogP contribution >= 0.6 is 11.6 Å². The van der Waals surface area contributed by atoms with E-state index in [0.29, 0.717) is 17.4 Å². The van der Waals surface area contributed by atoms with E-state index in [1.165, 1.54) is 0 Å². The third-order valence-corrected chi connectivity index (χ3v) is 2.07. The van der Waals surface area contributed by atoms with Crippen molar-refractivity contribution in [3.05, 3.63) is 23.2 Å². The maximum Gasteiger partial charge on any atom is 0.149 e. The van der Waals surface area contributed by atoms with Crippen molar-refractivity contribution in [1.29, 1.82) is 5.26 Å². The predicted molar refractivity (Wildman–Crippen MR) is 50.0 cm³/mol. The Morgan fingerprint density at radius 1 is 1.62 bits per heavy atom. The van der Waals surface area contributed by atoms with E-state index in [-0.39, 0.29) is 6.04 Å². The first-order valence-electron chi connectivity index (χ1n) is 3.88. The number of halogens is 1. The molecule has 66 valence electrons. The molecule has 1 aliphatic rings. The molecule has 3 nitrogen and oxygen atoms in total. The van der Waals surface area contributed by atoms with Crippen molar-refractivity contribution in [3.63, 3.8) is 0 Å². The van der Waals surface area contributed by atoms with Crippen molar-refractivity contribution in [2.75, 3.05) is 11.9 Å². The summed E-state index contributed by atoms with van der Waals surface area (Å²) in [6, 6.07) is 7.12. The normalized spacial score (nSPS) is 19.2. The lowest BCUT2D eigenvalue weighted by Gasteiger charge is -2.22. The van der Waals surface area contributed by atoms with E-state index in [1.807, 2.05) is 0 Å². The van der Waals surface area contributed by atoms with Crippen LogP contribution in [0.4, 0.5) is 5.69 Å². The average Bonchev–Trinajstić information content (AvgIpc) is 2.17. The molecule has 1 unspecified atom stereocenters. The van der Waals surface area contributed by atoms with Gasteiger partial charge in [-0.05, 0) is 12.1 Å². The summed E-state index contributed by atoms with van der Waals surface area (Å²) in [6.07, 6.45) is 0. The summed E-state index contributed by atoms with van der Waals surface area (Å²) < 4.78 is 5.34. The van der Waals surface area contributed by atoms with E-state index < -0.39 is 0 Å². The molecule has 0 spiro atoms. The zero-order valence-corrected chi connectivity index (χ0v) is 7.51. The second-order valence-electron chi connectivity index (χ2n) is 2.78. The molecule has 1 aromatic rings. The highest BCUT2D eigenvalue weighted by molar-refractivity contribution is 6.30. The number of ether oxygens (including phenoxy) is 1. The van der Waals surface area contributed by atoms with Crippen LogP contribution < -0.4 is 10.1 Å². The Morgan fingerprint density at radius 3 is 3.23 bits per heavy atom. The van der Waals surface area contributed by atoms with Gasteiger partial charge >= 0.3 is 0 Å². The van der Waals surface area contributed by atoms with Crippen molar-refractivity contribution in [2.24, 2.45) is 0 Å². The van der Waals surface area contributed by atoms with Crippen LogP contribution in [-0.4, -0.2) is 12.6 Å². The zero-order chi connectivity index (χ0) is 9.26. The lowest BCUT2D eigenvalue weighted by atomic mass is 10.2. The van der Waals surface area contributed by atoms with E-state index in [0.717, 1.165) is 5.69 Å². The molecule has 1 N–H and O–H groups in total. The van der Waals surface area contributed by atoms with Crippen LogP contribution in [-0.2, 0) is 0 Å². The number of fused-ring (bicyclic) bond motifs is 1. The molecule has 0 aliphatic carbocycles. The number of nitrogens with one attached hydrogen (secondary N) is 1. The maximum absolute atomic E-state index is 8.65. The molecule has 2 rings (SSSR count). The molecule has 0 radical (unpaired) electrons. The molecule has 13 heavy (non-hydrogen) atoms. The summed E-state index contributed by atoms with van der Waals surface area (Å²) in [6.45, 7) is 0.365. The van der Waals surface area contributed by atoms with Crippen LogP contribution in [0.2, 0.25) is 5.02 Å². The topological polar surface area (TPSA) is 45.0 Å². The van der Waals surface area contributed by atoms with Crippen molar-refractivity contribution in [2.45, 2.75) is 6.04 Å². The minimum atomic E-state index is -0.270. The van der Waals surface area contributed by atoms with Gasteiger partial charge in [0.05, 0.1) is 11.8 Å². The smallest absolute Gasteiger partial charge is 0.149 e. The molecular weight excluding hydrogens is 188 g/mol. The van der Waals surface area contributed by atoms with Gasteiger partial charge in [0, 0.05) is 11.1 Å². The third kappa shape index (κ3) is 1.53. The van der Waals surface area contributed by atoms with Crippen LogP contribution in [0.25, 0.3) is 0 Å². The Bertz CT molecular complexity index is 372. The average molecular weight is 195 g/mol. The molecule has 0 amide bonds. The molecule has 4 heteroatoms. The number of hydrogen-bond acceptors (Lipinski definition) is 3. The summed E-state index contributed by atoms with van der Waals surface area (Å²) in [7, 11) is 0. The fourth-order valence-corrected chi connectivity index (χ4v) is 1.37. The van der Waals surface area contributed by atoms with Gasteiger partial charge in [-0.1, -0.05) is 11.6 Å². The van der Waals surface area contributed by atoms with Gasteiger partial charge in [0.1, 0.15) is 18.4 Å². The van der Waals surface area contributed by atoms with Crippen LogP contribution in [0.1, 0.15) is 0 Å². The molecule has 0 bridgehead atoms. The van der Waals surface area contributed by atoms with Gasteiger partial charge in [-0.3, -0.25) is 0 Å². The van der Waals surface area contributed by atoms with Crippen molar-refractivity contribution in [1.82, 2.24) is 0 Å². The Hall–Kier alpha value is -1.40. The predicted octanol–water partition coefficient (Wildman–Crippen LogP) is 2.04. The SMILES string of the molecule is N#CC1COc2cc(Cl)ccc2N1. The number of anilines is 1. The zero-order valence-electron chi connectivity index (χ0n) is 6.75. The Labute approximate surface area is 80.9 Å². The minimum Gasteiger partial charge on any atom is -0.488 e. The molecule has 0 fully saturated rings. The van der Waals surface area contributed by atoms with E-state index >= 15 is 0 Å². The van der Waals surface area contributed by atoms with Crippen LogP contribution in [0.15, 0.2) is 18.2 Å². The van der Waals surface area contributed by atoms with Gasteiger partial charge < -0.3 is 10.1 Å². The lowest BCUT2D eigenvalue weighted by molar-refractivity contribution is 0.304. The largest absolute Gasteiger partial charge is 0.488 e. The summed E-state index contributed by atoms with van der Waals surface area (Å²) in [5, 5.41) is 12.3. The lowest BCUT2D eigenvalue weighted by Crippen LogP contribution is -2.29. The molecule has 0 saturated heterocycles. The maximum atomic E-state index is 8.65. The number of rotatable bonds is 0. The van der Waals surface area contributed by atoms with Crippen LogP contribution in [0, 0.1) is 11.3 Å². The van der Waals surface area contributed by atoms with Gasteiger partial charge in [0.15, 0.2) is 0 Å². The molecule has 1 atom stereocenters. The third-order valence-electron chi connectivity index (χ3n) is 1.83. The number of benzene rings is 1. The minimum absolute atomic E-state index is 0.270. The fraction of sp³-hybridized carbons (Fsp3) is 0.222. The van der Waals surface area contributed by atoms with E-state index in [9.17, 15) is 0 Å². The highest BCUT2D eigenvalue weighted by Crippen LogP contribution is 2.31. The van der Waals surface area contributed by atoms with Gasteiger partial charge in [0.25, 0.3) is 0 Å². The standard InChI is InChI=1S/C9H7ClN2O/c10-6-1-2-8-9(3-6)13-5-7(4-11)12-8/h1-3,7,12H,5H2. The second-order valence-corrected chi connectivity index (χ2v) is 3.21. The quantitative estimate of drug-likeness (QED) is 0.688. The number of nitrogens with zero attached hydrogens (tertiary/aromatic N) is 1. The monoisotopic (exact) mass is 194 g/mol. The highest BCUT2D eigenvalue weighted by atomic mass is 35.5. The number of hydrogen-bond donors (Lipinski definition) is 1. The van der Waals surface area contributed by atoms with Gasteiger partial charge in [-0.2, -0.15) is 5.26 Å². The van der Waals surface area contributed by atoms with Crippen molar-refractivity contribution >= 4 is 17.3 Å². The van der Waals surface area contributed by atoms with Crippen LogP contribution in [0.5, 0.6) is 5.75 Å². The molecule has 0 saturated carbocycles. The Kier molecular flexibility index (Phi) is 1.99. The Morgan fingerprint density at radius 2 is 2.46 bits per heavy atom. The van der Waals surface area contributed by atoms with E-state index in [1.54, 1.807) is 18.2 Å². The second kappa shape index (κ2) is 3.15. The highest BCUT2D eigenvalue weighted by Gasteiger charge is 2.17. The first-order valence-corrected chi connectivity index (χ1v) is 4.26. The summed E-state index contributed by atoms with van der Waals surface area (Å²) in [5.41, 5.74) is 0.821. The van der Waals surface area contributed by atoms with Gasteiger partial charge in [-0.15, -0.1) is 0 Å². The van der Waals surface area contributed by atoms with E-state index in [2.05, 4.69) is 11.4 Å². The summed E-state index contributed by atoms with van der Waals surface area (Å²) in [5.74, 6) is 0.707. The van der Waals surface area contributed by atoms with Gasteiger partial charge in [-0.25, -0.2) is 0 Å². The van der Waals surface area contributed by atoms with Gasteiger partial charge in [0.2, 0.25) is 0 Å². The molecule has 1 heterocycles. The Balaban J connectivity index is 2.32. The first-order chi connectivity index (χ1) is 6.29. The first kappa shape index (κ1) is 8.21. The molecular formula is C9H7ClN2O. The molecule has 1 aromatic carbocycles.